The summed E-state index contributed by atoms with van der Waals surface area (Å²) >= 11 is 0. The van der Waals surface area contributed by atoms with Crippen molar-refractivity contribution in [2.45, 2.75) is 32.5 Å². The second-order valence-corrected chi connectivity index (χ2v) is 6.05. The Morgan fingerprint density at radius 1 is 1.25 bits per heavy atom. The number of rotatable bonds is 11. The average molecular weight is 388 g/mol. The average Bonchev–Trinajstić information content (AvgIpc) is 2.70. The van der Waals surface area contributed by atoms with Gasteiger partial charge in [0, 0.05) is 17.7 Å². The molecule has 0 fully saturated rings. The maximum Gasteiger partial charge on any atom is 0.332 e. The summed E-state index contributed by atoms with van der Waals surface area (Å²) < 4.78 is 30.0. The molecule has 28 heavy (non-hydrogen) atoms. The second-order valence-electron chi connectivity index (χ2n) is 6.05. The van der Waals surface area contributed by atoms with E-state index in [-0.39, 0.29) is 12.4 Å². The summed E-state index contributed by atoms with van der Waals surface area (Å²) in [5.74, 6) is -0.0372. The maximum absolute atomic E-state index is 13.8. The zero-order chi connectivity index (χ0) is 20.4. The molecule has 0 amide bonds. The molecule has 6 heteroatoms. The zero-order valence-electron chi connectivity index (χ0n) is 16.1. The first-order chi connectivity index (χ1) is 13.5. The van der Waals surface area contributed by atoms with E-state index in [1.807, 2.05) is 18.2 Å². The largest absolute Gasteiger partial charge is 0.497 e. The fourth-order valence-electron chi connectivity index (χ4n) is 2.62. The topological polar surface area (TPSA) is 65.0 Å². The Morgan fingerprint density at radius 3 is 2.71 bits per heavy atom. The van der Waals surface area contributed by atoms with Gasteiger partial charge >= 0.3 is 5.97 Å². The summed E-state index contributed by atoms with van der Waals surface area (Å²) in [5, 5.41) is 9.12. The molecule has 0 aliphatic carbocycles. The van der Waals surface area contributed by atoms with E-state index >= 15 is 0 Å². The quantitative estimate of drug-likeness (QED) is 0.605. The van der Waals surface area contributed by atoms with E-state index in [2.05, 4.69) is 0 Å². The molecule has 1 N–H and O–H groups in total. The van der Waals surface area contributed by atoms with Crippen LogP contribution in [0, 0.1) is 5.82 Å². The third-order valence-electron chi connectivity index (χ3n) is 4.09. The summed E-state index contributed by atoms with van der Waals surface area (Å²) in [4.78, 5) is 11.1. The number of allylic oxidation sites excluding steroid dienone is 1. The van der Waals surface area contributed by atoms with Crippen LogP contribution in [0.3, 0.4) is 0 Å². The number of carboxylic acids is 1. The highest BCUT2D eigenvalue weighted by Gasteiger charge is 2.15. The van der Waals surface area contributed by atoms with E-state index in [0.29, 0.717) is 36.5 Å². The highest BCUT2D eigenvalue weighted by Crippen LogP contribution is 2.27. The number of hydrogen-bond donors (Lipinski definition) is 1. The number of hydrogen-bond acceptors (Lipinski definition) is 4. The number of methoxy groups -OCH3 is 1. The minimum atomic E-state index is -0.967. The molecule has 0 radical (unpaired) electrons. The van der Waals surface area contributed by atoms with Crippen LogP contribution >= 0.6 is 0 Å². The monoisotopic (exact) mass is 388 g/mol. The number of ether oxygens (including phenoxy) is 3. The van der Waals surface area contributed by atoms with Gasteiger partial charge in [0.1, 0.15) is 23.9 Å². The summed E-state index contributed by atoms with van der Waals surface area (Å²) in [6.07, 6.45) is 3.77. The summed E-state index contributed by atoms with van der Waals surface area (Å²) in [6, 6.07) is 11.8. The summed E-state index contributed by atoms with van der Waals surface area (Å²) in [7, 11) is 1.57. The fourth-order valence-corrected chi connectivity index (χ4v) is 2.62. The minimum absolute atomic E-state index is 0.102. The molecule has 2 aromatic carbocycles. The standard InChI is InChI=1S/C22H25FO5/c1-3-27-21(22(24)25)11-7-5-8-16-14-18(26-2)12-13-20(16)28-15-17-9-4-6-10-19(17)23/h4-6,8-10,12-14,21H,3,7,11,15H2,1-2H3,(H,24,25)/b8-5+. The molecule has 1 atom stereocenters. The van der Waals surface area contributed by atoms with Crippen molar-refractivity contribution in [1.82, 2.24) is 0 Å². The number of benzene rings is 2. The lowest BCUT2D eigenvalue weighted by atomic mass is 10.1. The lowest BCUT2D eigenvalue weighted by molar-refractivity contribution is -0.150. The van der Waals surface area contributed by atoms with Crippen LogP contribution in [-0.4, -0.2) is 30.9 Å². The van der Waals surface area contributed by atoms with E-state index in [9.17, 15) is 9.18 Å². The van der Waals surface area contributed by atoms with Crippen molar-refractivity contribution in [2.75, 3.05) is 13.7 Å². The molecule has 2 aromatic rings. The Labute approximate surface area is 164 Å². The van der Waals surface area contributed by atoms with Gasteiger partial charge in [0.25, 0.3) is 0 Å². The number of aliphatic carboxylic acids is 1. The third kappa shape index (κ3) is 6.39. The second kappa shape index (κ2) is 11.1. The van der Waals surface area contributed by atoms with Gasteiger partial charge in [-0.05, 0) is 44.0 Å². The van der Waals surface area contributed by atoms with Gasteiger partial charge in [-0.15, -0.1) is 0 Å². The molecule has 2 rings (SSSR count). The molecule has 0 heterocycles. The van der Waals surface area contributed by atoms with Gasteiger partial charge in [-0.25, -0.2) is 9.18 Å². The van der Waals surface area contributed by atoms with Crippen LogP contribution in [0.4, 0.5) is 4.39 Å². The molecular formula is C22H25FO5. The minimum Gasteiger partial charge on any atom is -0.497 e. The highest BCUT2D eigenvalue weighted by molar-refractivity contribution is 5.72. The molecule has 0 aromatic heterocycles. The smallest absolute Gasteiger partial charge is 0.332 e. The van der Waals surface area contributed by atoms with Crippen LogP contribution in [0.2, 0.25) is 0 Å². The summed E-state index contributed by atoms with van der Waals surface area (Å²) in [6.45, 7) is 2.22. The van der Waals surface area contributed by atoms with Crippen LogP contribution in [-0.2, 0) is 16.1 Å². The van der Waals surface area contributed by atoms with Gasteiger partial charge in [0.2, 0.25) is 0 Å². The lowest BCUT2D eigenvalue weighted by Crippen LogP contribution is -2.23. The molecule has 1 unspecified atom stereocenters. The van der Waals surface area contributed by atoms with Gasteiger partial charge in [-0.2, -0.15) is 0 Å². The van der Waals surface area contributed by atoms with E-state index < -0.39 is 12.1 Å². The van der Waals surface area contributed by atoms with Gasteiger partial charge in [0.15, 0.2) is 6.10 Å². The number of halogens is 1. The van der Waals surface area contributed by atoms with Crippen molar-refractivity contribution in [2.24, 2.45) is 0 Å². The van der Waals surface area contributed by atoms with E-state index in [0.717, 1.165) is 5.56 Å². The SMILES string of the molecule is CCOC(CC/C=C/c1cc(OC)ccc1OCc1ccccc1F)C(=O)O. The van der Waals surface area contributed by atoms with E-state index in [4.69, 9.17) is 19.3 Å². The number of carboxylic acid groups (broad SMARTS) is 1. The van der Waals surface area contributed by atoms with Crippen LogP contribution in [0.1, 0.15) is 30.9 Å². The van der Waals surface area contributed by atoms with Crippen molar-refractivity contribution in [3.8, 4) is 11.5 Å². The molecule has 0 bridgehead atoms. The molecular weight excluding hydrogens is 363 g/mol. The Kier molecular flexibility index (Phi) is 8.49. The molecule has 0 spiro atoms. The molecule has 0 aliphatic heterocycles. The third-order valence-corrected chi connectivity index (χ3v) is 4.09. The van der Waals surface area contributed by atoms with Crippen LogP contribution in [0.15, 0.2) is 48.5 Å². The van der Waals surface area contributed by atoms with Crippen molar-refractivity contribution in [1.29, 1.82) is 0 Å². The van der Waals surface area contributed by atoms with Crippen LogP contribution in [0.25, 0.3) is 6.08 Å². The fraction of sp³-hybridized carbons (Fsp3) is 0.318. The first-order valence-electron chi connectivity index (χ1n) is 9.10. The predicted octanol–water partition coefficient (Wildman–Crippen LogP) is 4.70. The Hall–Kier alpha value is -2.86. The molecule has 5 nitrogen and oxygen atoms in total. The predicted molar refractivity (Wildman–Crippen MR) is 105 cm³/mol. The zero-order valence-corrected chi connectivity index (χ0v) is 16.1. The van der Waals surface area contributed by atoms with Crippen molar-refractivity contribution < 1.29 is 28.5 Å². The molecule has 0 aliphatic rings. The first kappa shape index (κ1) is 21.4. The summed E-state index contributed by atoms with van der Waals surface area (Å²) in [5.41, 5.74) is 1.23. The normalized spacial score (nSPS) is 12.1. The van der Waals surface area contributed by atoms with Crippen LogP contribution < -0.4 is 9.47 Å². The Balaban J connectivity index is 2.07. The van der Waals surface area contributed by atoms with E-state index in [1.54, 1.807) is 44.4 Å². The van der Waals surface area contributed by atoms with Crippen molar-refractivity contribution >= 4 is 12.0 Å². The highest BCUT2D eigenvalue weighted by atomic mass is 19.1. The Bertz CT molecular complexity index is 803. The van der Waals surface area contributed by atoms with Crippen LogP contribution in [0.5, 0.6) is 11.5 Å². The first-order valence-corrected chi connectivity index (χ1v) is 9.10. The van der Waals surface area contributed by atoms with Gasteiger partial charge in [-0.1, -0.05) is 30.4 Å². The van der Waals surface area contributed by atoms with E-state index in [1.165, 1.54) is 6.07 Å². The Morgan fingerprint density at radius 2 is 2.04 bits per heavy atom. The lowest BCUT2D eigenvalue weighted by Gasteiger charge is -2.12. The maximum atomic E-state index is 13.8. The van der Waals surface area contributed by atoms with Crippen molar-refractivity contribution in [3.63, 3.8) is 0 Å². The van der Waals surface area contributed by atoms with Crippen molar-refractivity contribution in [3.05, 3.63) is 65.5 Å². The van der Waals surface area contributed by atoms with Gasteiger partial charge < -0.3 is 19.3 Å². The van der Waals surface area contributed by atoms with Gasteiger partial charge in [-0.3, -0.25) is 0 Å². The van der Waals surface area contributed by atoms with Gasteiger partial charge in [0.05, 0.1) is 7.11 Å². The number of carbonyl (C=O) groups is 1. The molecule has 0 saturated carbocycles. The molecule has 150 valence electrons. The molecule has 0 saturated heterocycles.